The van der Waals surface area contributed by atoms with Crippen LogP contribution in [0.5, 0.6) is 17.2 Å². The average molecular weight is 390 g/mol. The summed E-state index contributed by atoms with van der Waals surface area (Å²) in [6, 6.07) is 19.8. The molecule has 0 heterocycles. The minimum atomic E-state index is -3.76. The summed E-state index contributed by atoms with van der Waals surface area (Å²) in [4.78, 5) is 0.148. The lowest BCUT2D eigenvalue weighted by Crippen LogP contribution is -2.13. The minimum Gasteiger partial charge on any atom is -0.497 e. The number of ether oxygens (including phenoxy) is 2. The molecule has 26 heavy (non-hydrogen) atoms. The number of benzene rings is 3. The zero-order valence-corrected chi connectivity index (χ0v) is 15.4. The van der Waals surface area contributed by atoms with Crippen LogP contribution in [0.15, 0.2) is 77.7 Å². The van der Waals surface area contributed by atoms with Crippen LogP contribution in [0.4, 0.5) is 5.69 Å². The van der Waals surface area contributed by atoms with Crippen LogP contribution in [0.1, 0.15) is 0 Å². The molecule has 0 saturated heterocycles. The van der Waals surface area contributed by atoms with Crippen LogP contribution in [0.3, 0.4) is 0 Å². The van der Waals surface area contributed by atoms with Gasteiger partial charge in [0.15, 0.2) is 5.75 Å². The van der Waals surface area contributed by atoms with Crippen molar-refractivity contribution in [3.05, 3.63) is 77.8 Å². The van der Waals surface area contributed by atoms with E-state index in [2.05, 4.69) is 4.72 Å². The Morgan fingerprint density at radius 3 is 2.19 bits per heavy atom. The van der Waals surface area contributed by atoms with E-state index in [1.165, 1.54) is 18.2 Å². The van der Waals surface area contributed by atoms with E-state index in [-0.39, 0.29) is 10.6 Å². The van der Waals surface area contributed by atoms with E-state index in [9.17, 15) is 8.42 Å². The molecule has 3 rings (SSSR count). The lowest BCUT2D eigenvalue weighted by Gasteiger charge is -2.14. The SMILES string of the molecule is COc1ccc(Oc2ccc(Cl)cc2NS(=O)(=O)c2ccccc2)cc1. The van der Waals surface area contributed by atoms with Gasteiger partial charge in [-0.3, -0.25) is 4.72 Å². The number of hydrogen-bond donors (Lipinski definition) is 1. The van der Waals surface area contributed by atoms with E-state index in [4.69, 9.17) is 21.1 Å². The Morgan fingerprint density at radius 2 is 1.54 bits per heavy atom. The molecule has 0 unspecified atom stereocenters. The van der Waals surface area contributed by atoms with Crippen molar-refractivity contribution in [1.29, 1.82) is 0 Å². The van der Waals surface area contributed by atoms with Crippen LogP contribution in [0, 0.1) is 0 Å². The number of hydrogen-bond acceptors (Lipinski definition) is 4. The number of rotatable bonds is 6. The van der Waals surface area contributed by atoms with Crippen LogP contribution in [0.2, 0.25) is 5.02 Å². The summed E-state index contributed by atoms with van der Waals surface area (Å²) in [5.74, 6) is 1.56. The molecule has 3 aromatic rings. The molecule has 0 fully saturated rings. The van der Waals surface area contributed by atoms with Gasteiger partial charge in [0.05, 0.1) is 17.7 Å². The predicted molar refractivity (Wildman–Crippen MR) is 102 cm³/mol. The number of nitrogens with one attached hydrogen (secondary N) is 1. The van der Waals surface area contributed by atoms with Crippen molar-refractivity contribution in [1.82, 2.24) is 0 Å². The van der Waals surface area contributed by atoms with Crippen LogP contribution < -0.4 is 14.2 Å². The van der Waals surface area contributed by atoms with E-state index in [0.717, 1.165) is 0 Å². The average Bonchev–Trinajstić information content (AvgIpc) is 2.65. The fraction of sp³-hybridized carbons (Fsp3) is 0.0526. The van der Waals surface area contributed by atoms with Crippen LogP contribution >= 0.6 is 11.6 Å². The summed E-state index contributed by atoms with van der Waals surface area (Å²) in [5.41, 5.74) is 0.247. The Morgan fingerprint density at radius 1 is 0.885 bits per heavy atom. The lowest BCUT2D eigenvalue weighted by molar-refractivity contribution is 0.413. The maximum absolute atomic E-state index is 12.6. The van der Waals surface area contributed by atoms with Gasteiger partial charge >= 0.3 is 0 Å². The third-order valence-electron chi connectivity index (χ3n) is 3.53. The van der Waals surface area contributed by atoms with Crippen molar-refractivity contribution in [2.45, 2.75) is 4.90 Å². The molecule has 0 atom stereocenters. The highest BCUT2D eigenvalue weighted by Crippen LogP contribution is 2.34. The molecule has 0 aliphatic rings. The molecule has 0 saturated carbocycles. The Labute approximate surface area is 157 Å². The van der Waals surface area contributed by atoms with Gasteiger partial charge in [-0.05, 0) is 54.6 Å². The number of methoxy groups -OCH3 is 1. The van der Waals surface area contributed by atoms with E-state index in [1.807, 2.05) is 0 Å². The van der Waals surface area contributed by atoms with Gasteiger partial charge in [0.2, 0.25) is 0 Å². The zero-order chi connectivity index (χ0) is 18.6. The molecule has 0 amide bonds. The van der Waals surface area contributed by atoms with Gasteiger partial charge in [0.1, 0.15) is 11.5 Å². The summed E-state index contributed by atoms with van der Waals surface area (Å²) >= 11 is 6.03. The highest BCUT2D eigenvalue weighted by molar-refractivity contribution is 7.92. The van der Waals surface area contributed by atoms with Crippen molar-refractivity contribution in [3.63, 3.8) is 0 Å². The van der Waals surface area contributed by atoms with Crippen molar-refractivity contribution in [2.75, 3.05) is 11.8 Å². The molecular weight excluding hydrogens is 374 g/mol. The molecule has 0 aliphatic carbocycles. The van der Waals surface area contributed by atoms with Crippen molar-refractivity contribution in [2.24, 2.45) is 0 Å². The quantitative estimate of drug-likeness (QED) is 0.648. The van der Waals surface area contributed by atoms with Gasteiger partial charge in [-0.25, -0.2) is 8.42 Å². The highest BCUT2D eigenvalue weighted by atomic mass is 35.5. The van der Waals surface area contributed by atoms with Gasteiger partial charge in [0, 0.05) is 5.02 Å². The fourth-order valence-corrected chi connectivity index (χ4v) is 3.50. The number of sulfonamides is 1. The third-order valence-corrected chi connectivity index (χ3v) is 5.14. The Balaban J connectivity index is 1.90. The van der Waals surface area contributed by atoms with Crippen LogP contribution in [-0.2, 0) is 10.0 Å². The molecule has 7 heteroatoms. The minimum absolute atomic E-state index is 0.148. The van der Waals surface area contributed by atoms with E-state index in [0.29, 0.717) is 22.3 Å². The molecular formula is C19H16ClNO4S. The molecule has 134 valence electrons. The monoisotopic (exact) mass is 389 g/mol. The van der Waals surface area contributed by atoms with E-state index < -0.39 is 10.0 Å². The topological polar surface area (TPSA) is 64.6 Å². The first kappa shape index (κ1) is 18.1. The molecule has 0 spiro atoms. The van der Waals surface area contributed by atoms with Gasteiger partial charge in [0.25, 0.3) is 10.0 Å². The summed E-state index contributed by atoms with van der Waals surface area (Å²) < 4.78 is 38.6. The van der Waals surface area contributed by atoms with Crippen molar-refractivity contribution >= 4 is 27.3 Å². The zero-order valence-electron chi connectivity index (χ0n) is 13.8. The molecule has 1 N–H and O–H groups in total. The second kappa shape index (κ2) is 7.68. The van der Waals surface area contributed by atoms with Crippen molar-refractivity contribution in [3.8, 4) is 17.2 Å². The first-order valence-electron chi connectivity index (χ1n) is 7.67. The Kier molecular flexibility index (Phi) is 5.35. The largest absolute Gasteiger partial charge is 0.497 e. The molecule has 5 nitrogen and oxygen atoms in total. The maximum Gasteiger partial charge on any atom is 0.262 e. The van der Waals surface area contributed by atoms with Crippen molar-refractivity contribution < 1.29 is 17.9 Å². The molecule has 0 aromatic heterocycles. The van der Waals surface area contributed by atoms with E-state index in [1.54, 1.807) is 61.7 Å². The van der Waals surface area contributed by atoms with Crippen LogP contribution in [0.25, 0.3) is 0 Å². The standard InChI is InChI=1S/C19H16ClNO4S/c1-24-15-8-10-16(11-9-15)25-19-12-7-14(20)13-18(19)21-26(22,23)17-5-3-2-4-6-17/h2-13,21H,1H3. The van der Waals surface area contributed by atoms with Gasteiger partial charge < -0.3 is 9.47 Å². The van der Waals surface area contributed by atoms with E-state index >= 15 is 0 Å². The lowest BCUT2D eigenvalue weighted by atomic mass is 10.3. The third kappa shape index (κ3) is 4.28. The predicted octanol–water partition coefficient (Wildman–Crippen LogP) is 4.94. The highest BCUT2D eigenvalue weighted by Gasteiger charge is 2.17. The number of halogens is 1. The van der Waals surface area contributed by atoms with Gasteiger partial charge in [-0.1, -0.05) is 29.8 Å². The second-order valence-corrected chi connectivity index (χ2v) is 7.46. The van der Waals surface area contributed by atoms with Crippen LogP contribution in [-0.4, -0.2) is 15.5 Å². The molecule has 0 radical (unpaired) electrons. The molecule has 3 aromatic carbocycles. The molecule has 0 aliphatic heterocycles. The van der Waals surface area contributed by atoms with Gasteiger partial charge in [-0.2, -0.15) is 0 Å². The summed E-state index contributed by atoms with van der Waals surface area (Å²) in [7, 11) is -2.19. The first-order chi connectivity index (χ1) is 12.5. The smallest absolute Gasteiger partial charge is 0.262 e. The summed E-state index contributed by atoms with van der Waals surface area (Å²) in [5, 5.41) is 0.387. The normalized spacial score (nSPS) is 11.0. The fourth-order valence-electron chi connectivity index (χ4n) is 2.25. The maximum atomic E-state index is 12.6. The Bertz CT molecular complexity index is 990. The summed E-state index contributed by atoms with van der Waals surface area (Å²) in [6.07, 6.45) is 0. The second-order valence-electron chi connectivity index (χ2n) is 5.34. The van der Waals surface area contributed by atoms with Gasteiger partial charge in [-0.15, -0.1) is 0 Å². The molecule has 0 bridgehead atoms. The Hall–Kier alpha value is -2.70. The summed E-state index contributed by atoms with van der Waals surface area (Å²) in [6.45, 7) is 0. The number of anilines is 1. The first-order valence-corrected chi connectivity index (χ1v) is 9.53.